The number of rotatable bonds is 7. The van der Waals surface area contributed by atoms with Crippen LogP contribution < -0.4 is 0 Å². The highest BCUT2D eigenvalue weighted by Gasteiger charge is 2.21. The summed E-state index contributed by atoms with van der Waals surface area (Å²) in [5, 5.41) is 17.5. The van der Waals surface area contributed by atoms with Gasteiger partial charge in [0.1, 0.15) is 12.0 Å². The number of carbonyl (C=O) groups excluding carboxylic acids is 1. The van der Waals surface area contributed by atoms with E-state index in [0.29, 0.717) is 17.6 Å². The molecule has 0 saturated heterocycles. The third-order valence-corrected chi connectivity index (χ3v) is 5.13. The molecule has 0 spiro atoms. The number of phenols is 1. The number of benzene rings is 1. The Morgan fingerprint density at radius 3 is 2.20 bits per heavy atom. The van der Waals surface area contributed by atoms with Crippen molar-refractivity contribution in [2.75, 3.05) is 6.61 Å². The van der Waals surface area contributed by atoms with Crippen LogP contribution in [-0.2, 0) is 4.79 Å². The van der Waals surface area contributed by atoms with Gasteiger partial charge < -0.3 is 10.2 Å². The van der Waals surface area contributed by atoms with E-state index in [2.05, 4.69) is 19.1 Å². The first-order valence-corrected chi connectivity index (χ1v) is 9.64. The van der Waals surface area contributed by atoms with Crippen LogP contribution in [-0.4, -0.2) is 23.1 Å². The van der Waals surface area contributed by atoms with E-state index in [-0.39, 0.29) is 6.61 Å². The SMILES string of the molecule is C/C=C(/C=O)CO.CCCCCC1CCC(c2ccc(O)cc2)CC1. The van der Waals surface area contributed by atoms with E-state index < -0.39 is 0 Å². The number of allylic oxidation sites excluding steroid dienone is 1. The van der Waals surface area contributed by atoms with Gasteiger partial charge in [0.2, 0.25) is 0 Å². The molecule has 25 heavy (non-hydrogen) atoms. The van der Waals surface area contributed by atoms with Gasteiger partial charge in [-0.05, 0) is 62.1 Å². The molecule has 0 heterocycles. The van der Waals surface area contributed by atoms with Crippen LogP contribution >= 0.6 is 0 Å². The van der Waals surface area contributed by atoms with Crippen LogP contribution in [0.2, 0.25) is 0 Å². The Balaban J connectivity index is 0.000000381. The number of hydrogen-bond acceptors (Lipinski definition) is 3. The smallest absolute Gasteiger partial charge is 0.148 e. The first-order valence-electron chi connectivity index (χ1n) is 9.64. The maximum atomic E-state index is 9.74. The number of aromatic hydroxyl groups is 1. The minimum atomic E-state index is -0.153. The normalized spacial score (nSPS) is 20.5. The summed E-state index contributed by atoms with van der Waals surface area (Å²) in [6.07, 6.45) is 13.3. The van der Waals surface area contributed by atoms with Gasteiger partial charge in [-0.1, -0.05) is 50.8 Å². The molecule has 0 unspecified atom stereocenters. The van der Waals surface area contributed by atoms with Gasteiger partial charge in [-0.15, -0.1) is 0 Å². The quantitative estimate of drug-likeness (QED) is 0.396. The number of unbranched alkanes of at least 4 members (excludes halogenated alkanes) is 2. The lowest BCUT2D eigenvalue weighted by Crippen LogP contribution is -2.13. The molecule has 1 aromatic rings. The lowest BCUT2D eigenvalue weighted by atomic mass is 9.77. The Morgan fingerprint density at radius 2 is 1.76 bits per heavy atom. The molecule has 3 nitrogen and oxygen atoms in total. The van der Waals surface area contributed by atoms with Crippen molar-refractivity contribution in [2.24, 2.45) is 5.92 Å². The molecule has 3 heteroatoms. The van der Waals surface area contributed by atoms with Crippen molar-refractivity contribution in [3.8, 4) is 5.75 Å². The van der Waals surface area contributed by atoms with Crippen molar-refractivity contribution in [3.05, 3.63) is 41.5 Å². The fourth-order valence-electron chi connectivity index (χ4n) is 3.41. The molecular formula is C22H34O3. The van der Waals surface area contributed by atoms with Crippen LogP contribution in [0.15, 0.2) is 35.9 Å². The average molecular weight is 347 g/mol. The van der Waals surface area contributed by atoms with Crippen molar-refractivity contribution >= 4 is 6.29 Å². The Morgan fingerprint density at radius 1 is 1.12 bits per heavy atom. The van der Waals surface area contributed by atoms with E-state index in [1.165, 1.54) is 56.9 Å². The Hall–Kier alpha value is -1.61. The van der Waals surface area contributed by atoms with Gasteiger partial charge in [-0.3, -0.25) is 4.79 Å². The second-order valence-electron chi connectivity index (χ2n) is 6.94. The van der Waals surface area contributed by atoms with Gasteiger partial charge >= 0.3 is 0 Å². The number of hydrogen-bond donors (Lipinski definition) is 2. The number of aliphatic hydroxyl groups is 1. The fourth-order valence-corrected chi connectivity index (χ4v) is 3.41. The van der Waals surface area contributed by atoms with Gasteiger partial charge in [0.05, 0.1) is 6.61 Å². The second kappa shape index (κ2) is 12.7. The van der Waals surface area contributed by atoms with Crippen LogP contribution in [0.1, 0.15) is 76.7 Å². The molecule has 140 valence electrons. The van der Waals surface area contributed by atoms with Crippen LogP contribution in [0.25, 0.3) is 0 Å². The highest BCUT2D eigenvalue weighted by atomic mass is 16.3. The Bertz CT molecular complexity index is 497. The van der Waals surface area contributed by atoms with E-state index in [0.717, 1.165) is 11.8 Å². The third kappa shape index (κ3) is 8.35. The van der Waals surface area contributed by atoms with Crippen molar-refractivity contribution in [2.45, 2.75) is 71.1 Å². The van der Waals surface area contributed by atoms with Crippen molar-refractivity contribution in [3.63, 3.8) is 0 Å². The monoisotopic (exact) mass is 346 g/mol. The van der Waals surface area contributed by atoms with Gasteiger partial charge in [0.15, 0.2) is 0 Å². The minimum Gasteiger partial charge on any atom is -0.508 e. The molecular weight excluding hydrogens is 312 g/mol. The van der Waals surface area contributed by atoms with Gasteiger partial charge in [0, 0.05) is 5.57 Å². The second-order valence-corrected chi connectivity index (χ2v) is 6.94. The zero-order valence-electron chi connectivity index (χ0n) is 15.8. The zero-order valence-corrected chi connectivity index (χ0v) is 15.8. The maximum absolute atomic E-state index is 9.74. The van der Waals surface area contributed by atoms with E-state index in [1.807, 2.05) is 12.1 Å². The average Bonchev–Trinajstić information content (AvgIpc) is 2.65. The summed E-state index contributed by atoms with van der Waals surface area (Å²) in [5.41, 5.74) is 1.85. The van der Waals surface area contributed by atoms with Crippen molar-refractivity contribution < 1.29 is 15.0 Å². The molecule has 1 fully saturated rings. The highest BCUT2D eigenvalue weighted by molar-refractivity contribution is 5.73. The molecule has 0 radical (unpaired) electrons. The number of aliphatic hydroxyl groups excluding tert-OH is 1. The minimum absolute atomic E-state index is 0.153. The largest absolute Gasteiger partial charge is 0.508 e. The highest BCUT2D eigenvalue weighted by Crippen LogP contribution is 2.38. The third-order valence-electron chi connectivity index (χ3n) is 5.13. The van der Waals surface area contributed by atoms with Gasteiger partial charge in [0.25, 0.3) is 0 Å². The summed E-state index contributed by atoms with van der Waals surface area (Å²) in [5.74, 6) is 2.09. The summed E-state index contributed by atoms with van der Waals surface area (Å²) >= 11 is 0. The first kappa shape index (κ1) is 21.4. The lowest BCUT2D eigenvalue weighted by molar-refractivity contribution is -0.105. The summed E-state index contributed by atoms with van der Waals surface area (Å²) in [4.78, 5) is 9.74. The molecule has 1 aromatic carbocycles. The zero-order chi connectivity index (χ0) is 18.5. The Kier molecular flexibility index (Phi) is 10.9. The molecule has 2 rings (SSSR count). The fraction of sp³-hybridized carbons (Fsp3) is 0.591. The van der Waals surface area contributed by atoms with E-state index in [9.17, 15) is 9.90 Å². The van der Waals surface area contributed by atoms with Gasteiger partial charge in [-0.25, -0.2) is 0 Å². The van der Waals surface area contributed by atoms with E-state index in [1.54, 1.807) is 13.0 Å². The van der Waals surface area contributed by atoms with Gasteiger partial charge in [-0.2, -0.15) is 0 Å². The molecule has 1 aliphatic rings. The number of carbonyl (C=O) groups is 1. The molecule has 1 saturated carbocycles. The van der Waals surface area contributed by atoms with Crippen LogP contribution in [0.3, 0.4) is 0 Å². The summed E-state index contributed by atoms with van der Waals surface area (Å²) in [7, 11) is 0. The van der Waals surface area contributed by atoms with Crippen LogP contribution in [0.4, 0.5) is 0 Å². The molecule has 0 aliphatic heterocycles. The van der Waals surface area contributed by atoms with Crippen LogP contribution in [0, 0.1) is 5.92 Å². The molecule has 0 aromatic heterocycles. The molecule has 2 N–H and O–H groups in total. The predicted molar refractivity (Wildman–Crippen MR) is 104 cm³/mol. The topological polar surface area (TPSA) is 57.5 Å². The number of phenolic OH excluding ortho intramolecular Hbond substituents is 1. The van der Waals surface area contributed by atoms with Crippen molar-refractivity contribution in [1.82, 2.24) is 0 Å². The standard InChI is InChI=1S/C17H26O.C5H8O2/c1-2-3-4-5-14-6-8-15(9-7-14)16-10-12-17(18)13-11-16;1-2-5(3-6)4-7/h10-15,18H,2-9H2,1H3;2-3,7H,4H2,1H3/b;5-2-. The lowest BCUT2D eigenvalue weighted by Gasteiger charge is -2.28. The molecule has 0 atom stereocenters. The summed E-state index contributed by atoms with van der Waals surface area (Å²) < 4.78 is 0. The van der Waals surface area contributed by atoms with E-state index in [4.69, 9.17) is 5.11 Å². The molecule has 0 amide bonds. The first-order chi connectivity index (χ1) is 12.1. The summed E-state index contributed by atoms with van der Waals surface area (Å²) in [6, 6.07) is 7.83. The molecule has 0 bridgehead atoms. The predicted octanol–water partition coefficient (Wildman–Crippen LogP) is 5.37. The Labute approximate surface area is 152 Å². The molecule has 1 aliphatic carbocycles. The van der Waals surface area contributed by atoms with E-state index >= 15 is 0 Å². The van der Waals surface area contributed by atoms with Crippen molar-refractivity contribution in [1.29, 1.82) is 0 Å². The van der Waals surface area contributed by atoms with Crippen LogP contribution in [0.5, 0.6) is 5.75 Å². The number of aldehydes is 1. The maximum Gasteiger partial charge on any atom is 0.148 e. The summed E-state index contributed by atoms with van der Waals surface area (Å²) in [6.45, 7) is 3.83.